The Bertz CT molecular complexity index is 264. The van der Waals surface area contributed by atoms with E-state index in [1.54, 1.807) is 0 Å². The maximum Gasteiger partial charge on any atom is 0.109 e. The van der Waals surface area contributed by atoms with Gasteiger partial charge in [-0.1, -0.05) is 6.92 Å². The molecular formula is C14H28O7. The Hall–Kier alpha value is -0.280. The summed E-state index contributed by atoms with van der Waals surface area (Å²) in [5.41, 5.74) is 0. The van der Waals surface area contributed by atoms with E-state index < -0.39 is 30.3 Å². The molecule has 5 atom stereocenters. The van der Waals surface area contributed by atoms with Crippen molar-refractivity contribution in [2.45, 2.75) is 44.2 Å². The van der Waals surface area contributed by atoms with Crippen LogP contribution in [-0.4, -0.2) is 84.5 Å². The highest BCUT2D eigenvalue weighted by molar-refractivity contribution is 4.92. The van der Waals surface area contributed by atoms with E-state index in [0.29, 0.717) is 26.4 Å². The minimum absolute atomic E-state index is 0.200. The SMILES string of the molecule is CCCOCCOCCOCC1C[C@H](O)C(O)[C@@H](O)[C@@H]1O. The zero-order valence-electron chi connectivity index (χ0n) is 12.6. The standard InChI is InChI=1S/C14H28O7/c1-2-3-19-4-5-20-6-7-21-9-10-8-11(15)13(17)14(18)12(10)16/h10-18H,2-9H2,1H3/t10?,11-,12+,13?,14-/m0/s1. The second-order valence-corrected chi connectivity index (χ2v) is 5.33. The summed E-state index contributed by atoms with van der Waals surface area (Å²) in [6.07, 6.45) is -3.59. The molecule has 7 nitrogen and oxygen atoms in total. The predicted octanol–water partition coefficient (Wildman–Crippen LogP) is -1.09. The fourth-order valence-corrected chi connectivity index (χ4v) is 2.28. The Balaban J connectivity index is 2.04. The molecule has 0 radical (unpaired) electrons. The van der Waals surface area contributed by atoms with Gasteiger partial charge < -0.3 is 34.6 Å². The van der Waals surface area contributed by atoms with Crippen LogP contribution in [0.3, 0.4) is 0 Å². The molecule has 0 aliphatic heterocycles. The zero-order valence-corrected chi connectivity index (χ0v) is 12.6. The second kappa shape index (κ2) is 10.4. The molecule has 21 heavy (non-hydrogen) atoms. The largest absolute Gasteiger partial charge is 0.390 e. The smallest absolute Gasteiger partial charge is 0.109 e. The van der Waals surface area contributed by atoms with Crippen LogP contribution in [0.15, 0.2) is 0 Å². The van der Waals surface area contributed by atoms with Gasteiger partial charge in [-0.25, -0.2) is 0 Å². The Labute approximate surface area is 125 Å². The third-order valence-corrected chi connectivity index (χ3v) is 3.55. The molecule has 1 rings (SSSR count). The average molecular weight is 308 g/mol. The minimum atomic E-state index is -1.34. The number of rotatable bonds is 10. The van der Waals surface area contributed by atoms with Crippen molar-refractivity contribution in [2.75, 3.05) is 39.6 Å². The predicted molar refractivity (Wildman–Crippen MR) is 74.9 cm³/mol. The van der Waals surface area contributed by atoms with Gasteiger partial charge in [0.2, 0.25) is 0 Å². The summed E-state index contributed by atoms with van der Waals surface area (Å²) in [7, 11) is 0. The van der Waals surface area contributed by atoms with E-state index in [1.807, 2.05) is 6.92 Å². The topological polar surface area (TPSA) is 109 Å². The molecule has 0 amide bonds. The van der Waals surface area contributed by atoms with Crippen LogP contribution in [-0.2, 0) is 14.2 Å². The highest BCUT2D eigenvalue weighted by atomic mass is 16.5. The third kappa shape index (κ3) is 6.56. The van der Waals surface area contributed by atoms with Gasteiger partial charge in [-0.05, 0) is 12.8 Å². The van der Waals surface area contributed by atoms with Crippen molar-refractivity contribution in [2.24, 2.45) is 5.92 Å². The molecule has 1 fully saturated rings. The first-order chi connectivity index (χ1) is 10.1. The fourth-order valence-electron chi connectivity index (χ4n) is 2.28. The molecule has 1 saturated carbocycles. The molecule has 0 aromatic rings. The van der Waals surface area contributed by atoms with E-state index in [9.17, 15) is 20.4 Å². The van der Waals surface area contributed by atoms with Crippen molar-refractivity contribution in [3.63, 3.8) is 0 Å². The highest BCUT2D eigenvalue weighted by Gasteiger charge is 2.41. The van der Waals surface area contributed by atoms with E-state index in [2.05, 4.69) is 0 Å². The molecule has 0 saturated heterocycles. The summed E-state index contributed by atoms with van der Waals surface area (Å²) in [4.78, 5) is 0. The lowest BCUT2D eigenvalue weighted by atomic mass is 9.81. The van der Waals surface area contributed by atoms with Crippen LogP contribution in [0.1, 0.15) is 19.8 Å². The van der Waals surface area contributed by atoms with Crippen LogP contribution in [0.5, 0.6) is 0 Å². The van der Waals surface area contributed by atoms with Gasteiger partial charge in [-0.2, -0.15) is 0 Å². The van der Waals surface area contributed by atoms with Crippen molar-refractivity contribution in [3.8, 4) is 0 Å². The first-order valence-electron chi connectivity index (χ1n) is 7.53. The Morgan fingerprint density at radius 1 is 0.762 bits per heavy atom. The number of ether oxygens (including phenoxy) is 3. The van der Waals surface area contributed by atoms with E-state index in [1.165, 1.54) is 0 Å². The fraction of sp³-hybridized carbons (Fsp3) is 1.00. The molecule has 0 aromatic carbocycles. The number of aliphatic hydroxyl groups excluding tert-OH is 4. The lowest BCUT2D eigenvalue weighted by Gasteiger charge is -2.38. The molecule has 2 unspecified atom stereocenters. The monoisotopic (exact) mass is 308 g/mol. The van der Waals surface area contributed by atoms with Crippen LogP contribution < -0.4 is 0 Å². The van der Waals surface area contributed by atoms with Crippen LogP contribution >= 0.6 is 0 Å². The lowest BCUT2D eigenvalue weighted by molar-refractivity contribution is -0.167. The highest BCUT2D eigenvalue weighted by Crippen LogP contribution is 2.26. The Morgan fingerprint density at radius 2 is 1.33 bits per heavy atom. The normalized spacial score (nSPS) is 33.3. The zero-order chi connectivity index (χ0) is 15.7. The summed E-state index contributed by atoms with van der Waals surface area (Å²) >= 11 is 0. The summed E-state index contributed by atoms with van der Waals surface area (Å²) in [6.45, 7) is 4.84. The number of hydrogen-bond donors (Lipinski definition) is 4. The van der Waals surface area contributed by atoms with Gasteiger partial charge >= 0.3 is 0 Å². The van der Waals surface area contributed by atoms with E-state index in [0.717, 1.165) is 13.0 Å². The van der Waals surface area contributed by atoms with Gasteiger partial charge in [-0.15, -0.1) is 0 Å². The summed E-state index contributed by atoms with van der Waals surface area (Å²) < 4.78 is 15.9. The summed E-state index contributed by atoms with van der Waals surface area (Å²) in [5, 5.41) is 38.4. The van der Waals surface area contributed by atoms with Crippen LogP contribution in [0.4, 0.5) is 0 Å². The van der Waals surface area contributed by atoms with Crippen molar-refractivity contribution in [1.82, 2.24) is 0 Å². The molecule has 4 N–H and O–H groups in total. The minimum Gasteiger partial charge on any atom is -0.390 e. The first kappa shape index (κ1) is 18.8. The second-order valence-electron chi connectivity index (χ2n) is 5.33. The van der Waals surface area contributed by atoms with Gasteiger partial charge in [0.15, 0.2) is 0 Å². The molecule has 1 aliphatic rings. The summed E-state index contributed by atoms with van der Waals surface area (Å²) in [5.74, 6) is -0.397. The maximum absolute atomic E-state index is 9.80. The molecule has 0 bridgehead atoms. The van der Waals surface area contributed by atoms with E-state index in [4.69, 9.17) is 14.2 Å². The van der Waals surface area contributed by atoms with Crippen LogP contribution in [0, 0.1) is 5.92 Å². The van der Waals surface area contributed by atoms with Gasteiger partial charge in [0.1, 0.15) is 12.2 Å². The molecule has 1 aliphatic carbocycles. The first-order valence-corrected chi connectivity index (χ1v) is 7.53. The average Bonchev–Trinajstić information content (AvgIpc) is 2.48. The quantitative estimate of drug-likeness (QED) is 0.380. The molecule has 126 valence electrons. The van der Waals surface area contributed by atoms with E-state index in [-0.39, 0.29) is 13.0 Å². The van der Waals surface area contributed by atoms with Crippen LogP contribution in [0.2, 0.25) is 0 Å². The Kier molecular flexibility index (Phi) is 9.34. The number of hydrogen-bond acceptors (Lipinski definition) is 7. The third-order valence-electron chi connectivity index (χ3n) is 3.55. The van der Waals surface area contributed by atoms with Crippen molar-refractivity contribution in [1.29, 1.82) is 0 Å². The van der Waals surface area contributed by atoms with Gasteiger partial charge in [0.05, 0.1) is 45.2 Å². The summed E-state index contributed by atoms with van der Waals surface area (Å²) in [6, 6.07) is 0. The molecular weight excluding hydrogens is 280 g/mol. The van der Waals surface area contributed by atoms with Gasteiger partial charge in [0, 0.05) is 12.5 Å². The molecule has 0 aromatic heterocycles. The lowest BCUT2D eigenvalue weighted by Crippen LogP contribution is -2.54. The van der Waals surface area contributed by atoms with Crippen LogP contribution in [0.25, 0.3) is 0 Å². The van der Waals surface area contributed by atoms with Gasteiger partial charge in [-0.3, -0.25) is 0 Å². The van der Waals surface area contributed by atoms with Gasteiger partial charge in [0.25, 0.3) is 0 Å². The van der Waals surface area contributed by atoms with Crippen molar-refractivity contribution < 1.29 is 34.6 Å². The maximum atomic E-state index is 9.80. The molecule has 7 heteroatoms. The molecule has 0 spiro atoms. The Morgan fingerprint density at radius 3 is 1.95 bits per heavy atom. The van der Waals surface area contributed by atoms with Crippen molar-refractivity contribution >= 4 is 0 Å². The van der Waals surface area contributed by atoms with E-state index >= 15 is 0 Å². The number of aliphatic hydroxyl groups is 4. The van der Waals surface area contributed by atoms with Crippen molar-refractivity contribution in [3.05, 3.63) is 0 Å². The molecule has 0 heterocycles.